The van der Waals surface area contributed by atoms with Crippen molar-refractivity contribution >= 4 is 11.8 Å². The molecule has 1 unspecified atom stereocenters. The predicted octanol–water partition coefficient (Wildman–Crippen LogP) is 4.43. The molecule has 2 N–H and O–H groups in total. The van der Waals surface area contributed by atoms with Crippen molar-refractivity contribution in [3.63, 3.8) is 0 Å². The van der Waals surface area contributed by atoms with E-state index in [0.29, 0.717) is 29.7 Å². The van der Waals surface area contributed by atoms with Gasteiger partial charge in [0.1, 0.15) is 11.5 Å². The van der Waals surface area contributed by atoms with Crippen molar-refractivity contribution < 1.29 is 19.1 Å². The van der Waals surface area contributed by atoms with Crippen molar-refractivity contribution in [1.82, 2.24) is 20.4 Å². The number of ether oxygens (including phenoxy) is 2. The van der Waals surface area contributed by atoms with Crippen molar-refractivity contribution in [2.24, 2.45) is 11.3 Å². The van der Waals surface area contributed by atoms with E-state index in [1.165, 1.54) is 0 Å². The van der Waals surface area contributed by atoms with Crippen LogP contribution in [0.15, 0.2) is 24.3 Å². The number of nitrogens with one attached hydrogen (secondary N) is 2. The molecule has 1 fully saturated rings. The molecule has 0 bridgehead atoms. The van der Waals surface area contributed by atoms with Gasteiger partial charge < -0.3 is 20.1 Å². The van der Waals surface area contributed by atoms with Crippen molar-refractivity contribution in [1.29, 1.82) is 0 Å². The number of amides is 2. The topological polar surface area (TPSA) is 94.5 Å². The van der Waals surface area contributed by atoms with Crippen LogP contribution in [-0.2, 0) is 11.3 Å². The number of nitrogens with zero attached hydrogens (tertiary/aromatic N) is 2. The minimum atomic E-state index is -0.591. The van der Waals surface area contributed by atoms with E-state index in [4.69, 9.17) is 14.6 Å². The molecule has 2 atom stereocenters. The predicted molar refractivity (Wildman–Crippen MR) is 137 cm³/mol. The molecule has 2 aromatic rings. The number of benzene rings is 1. The molecule has 0 aliphatic heterocycles. The summed E-state index contributed by atoms with van der Waals surface area (Å²) in [5.41, 5.74) is 1.05. The molecule has 0 radical (unpaired) electrons. The maximum absolute atomic E-state index is 13.5. The number of hydrogen-bond acceptors (Lipinski definition) is 5. The molecule has 3 rings (SSSR count). The molecule has 1 saturated carbocycles. The third-order valence-electron chi connectivity index (χ3n) is 7.06. The molecular weight excluding hydrogens is 444 g/mol. The maximum atomic E-state index is 13.5. The van der Waals surface area contributed by atoms with Gasteiger partial charge >= 0.3 is 0 Å². The Bertz CT molecular complexity index is 1050. The summed E-state index contributed by atoms with van der Waals surface area (Å²) in [5.74, 6) is 1.30. The molecule has 1 heterocycles. The highest BCUT2D eigenvalue weighted by molar-refractivity contribution is 5.95. The van der Waals surface area contributed by atoms with Gasteiger partial charge in [-0.1, -0.05) is 40.2 Å². The van der Waals surface area contributed by atoms with Gasteiger partial charge in [0.2, 0.25) is 5.91 Å². The first-order valence-electron chi connectivity index (χ1n) is 12.4. The second kappa shape index (κ2) is 10.3. The van der Waals surface area contributed by atoms with Crippen LogP contribution in [0.4, 0.5) is 0 Å². The van der Waals surface area contributed by atoms with Crippen LogP contribution in [0.3, 0.4) is 0 Å². The SMILES string of the molecule is CCC(C)Cn1nc(C(=O)N[C@@]2(CC(=O)NC(C)C)CC2(C)C)cc1-c1c(OC)cccc1OC. The van der Waals surface area contributed by atoms with E-state index in [9.17, 15) is 9.59 Å². The number of carbonyl (C=O) groups excluding carboxylic acids is 2. The van der Waals surface area contributed by atoms with Gasteiger partial charge in [-0.05, 0) is 49.8 Å². The third-order valence-corrected chi connectivity index (χ3v) is 7.06. The molecule has 0 spiro atoms. The van der Waals surface area contributed by atoms with E-state index in [2.05, 4.69) is 38.3 Å². The fourth-order valence-electron chi connectivity index (χ4n) is 4.59. The Morgan fingerprint density at radius 1 is 1.14 bits per heavy atom. The van der Waals surface area contributed by atoms with E-state index in [-0.39, 0.29) is 29.7 Å². The first-order valence-corrected chi connectivity index (χ1v) is 12.4. The summed E-state index contributed by atoms with van der Waals surface area (Å²) in [4.78, 5) is 26.0. The van der Waals surface area contributed by atoms with Crippen molar-refractivity contribution in [2.45, 2.75) is 78.9 Å². The summed E-state index contributed by atoms with van der Waals surface area (Å²) < 4.78 is 13.1. The zero-order chi connectivity index (χ0) is 26.0. The van der Waals surface area contributed by atoms with Crippen LogP contribution in [0, 0.1) is 11.3 Å². The molecule has 192 valence electrons. The largest absolute Gasteiger partial charge is 0.496 e. The van der Waals surface area contributed by atoms with E-state index in [1.807, 2.05) is 36.7 Å². The molecule has 8 nitrogen and oxygen atoms in total. The highest BCUT2D eigenvalue weighted by Gasteiger charge is 2.63. The number of hydrogen-bond donors (Lipinski definition) is 2. The Kier molecular flexibility index (Phi) is 7.82. The van der Waals surface area contributed by atoms with E-state index in [1.54, 1.807) is 20.3 Å². The smallest absolute Gasteiger partial charge is 0.272 e. The number of rotatable bonds is 11. The fraction of sp³-hybridized carbons (Fsp3) is 0.593. The summed E-state index contributed by atoms with van der Waals surface area (Å²) in [7, 11) is 3.23. The zero-order valence-electron chi connectivity index (χ0n) is 22.3. The van der Waals surface area contributed by atoms with Gasteiger partial charge in [0.05, 0.1) is 37.4 Å². The monoisotopic (exact) mass is 484 g/mol. The van der Waals surface area contributed by atoms with Crippen molar-refractivity contribution in [3.8, 4) is 22.8 Å². The molecule has 35 heavy (non-hydrogen) atoms. The molecule has 8 heteroatoms. The molecule has 1 aromatic heterocycles. The van der Waals surface area contributed by atoms with Gasteiger partial charge in [0, 0.05) is 12.6 Å². The van der Waals surface area contributed by atoms with E-state index in [0.717, 1.165) is 24.1 Å². The number of aromatic nitrogens is 2. The summed E-state index contributed by atoms with van der Waals surface area (Å²) in [5, 5.41) is 10.8. The third kappa shape index (κ3) is 5.63. The Balaban J connectivity index is 1.97. The number of methoxy groups -OCH3 is 2. The van der Waals surface area contributed by atoms with Gasteiger partial charge in [0.25, 0.3) is 5.91 Å². The Morgan fingerprint density at radius 2 is 1.74 bits per heavy atom. The Hall–Kier alpha value is -3.03. The summed E-state index contributed by atoms with van der Waals surface area (Å²) in [6.07, 6.45) is 1.95. The van der Waals surface area contributed by atoms with Crippen LogP contribution in [0.5, 0.6) is 11.5 Å². The Morgan fingerprint density at radius 3 is 2.23 bits per heavy atom. The first kappa shape index (κ1) is 26.6. The second-order valence-corrected chi connectivity index (χ2v) is 10.6. The fourth-order valence-corrected chi connectivity index (χ4v) is 4.59. The lowest BCUT2D eigenvalue weighted by molar-refractivity contribution is -0.122. The van der Waals surface area contributed by atoms with Crippen LogP contribution in [0.2, 0.25) is 0 Å². The van der Waals surface area contributed by atoms with E-state index >= 15 is 0 Å². The molecule has 2 amide bonds. The Labute approximate surface area is 208 Å². The number of carbonyl (C=O) groups is 2. The van der Waals surface area contributed by atoms with Crippen LogP contribution in [0.1, 0.15) is 71.3 Å². The van der Waals surface area contributed by atoms with Gasteiger partial charge in [-0.15, -0.1) is 0 Å². The van der Waals surface area contributed by atoms with Crippen molar-refractivity contribution in [2.75, 3.05) is 14.2 Å². The van der Waals surface area contributed by atoms with Crippen LogP contribution in [0.25, 0.3) is 11.3 Å². The standard InChI is InChI=1S/C27H40N4O4/c1-9-18(4)15-31-20(24-21(34-7)11-10-12-22(24)35-8)13-19(30-31)25(33)29-27(16-26(27,5)6)14-23(32)28-17(2)3/h10-13,17-18H,9,14-16H2,1-8H3,(H,28,32)(H,29,33)/t18?,27-/m0/s1. The van der Waals surface area contributed by atoms with Crippen LogP contribution < -0.4 is 20.1 Å². The van der Waals surface area contributed by atoms with Crippen LogP contribution in [-0.4, -0.2) is 47.4 Å². The lowest BCUT2D eigenvalue weighted by Crippen LogP contribution is -2.45. The molecular formula is C27H40N4O4. The molecule has 0 saturated heterocycles. The molecule has 1 aliphatic rings. The van der Waals surface area contributed by atoms with Gasteiger partial charge in [0.15, 0.2) is 5.69 Å². The molecule has 1 aliphatic carbocycles. The summed E-state index contributed by atoms with van der Waals surface area (Å²) in [6.45, 7) is 12.9. The lowest BCUT2D eigenvalue weighted by atomic mass is 10.00. The minimum absolute atomic E-state index is 0.0479. The van der Waals surface area contributed by atoms with Crippen LogP contribution >= 0.6 is 0 Å². The van der Waals surface area contributed by atoms with Gasteiger partial charge in [-0.25, -0.2) is 0 Å². The van der Waals surface area contributed by atoms with Gasteiger partial charge in [-0.3, -0.25) is 14.3 Å². The normalized spacial score (nSPS) is 19.2. The minimum Gasteiger partial charge on any atom is -0.496 e. The highest BCUT2D eigenvalue weighted by Crippen LogP contribution is 2.57. The quantitative estimate of drug-likeness (QED) is 0.492. The molecule has 1 aromatic carbocycles. The summed E-state index contributed by atoms with van der Waals surface area (Å²) >= 11 is 0. The highest BCUT2D eigenvalue weighted by atomic mass is 16.5. The average Bonchev–Trinajstić information content (AvgIpc) is 3.11. The average molecular weight is 485 g/mol. The van der Waals surface area contributed by atoms with E-state index < -0.39 is 5.54 Å². The zero-order valence-corrected chi connectivity index (χ0v) is 22.3. The lowest BCUT2D eigenvalue weighted by Gasteiger charge is -2.22. The first-order chi connectivity index (χ1) is 16.5. The van der Waals surface area contributed by atoms with Crippen molar-refractivity contribution in [3.05, 3.63) is 30.0 Å². The second-order valence-electron chi connectivity index (χ2n) is 10.6. The maximum Gasteiger partial charge on any atom is 0.272 e. The summed E-state index contributed by atoms with van der Waals surface area (Å²) in [6, 6.07) is 7.44. The van der Waals surface area contributed by atoms with Gasteiger partial charge in [-0.2, -0.15) is 5.10 Å².